The predicted octanol–water partition coefficient (Wildman–Crippen LogP) is 3.50. The number of quaternary nitrogens is 1. The largest absolute Gasteiger partial charge is 0.507 e. The van der Waals surface area contributed by atoms with Gasteiger partial charge in [0.25, 0.3) is 0 Å². The molecule has 1 aliphatic heterocycles. The first-order chi connectivity index (χ1) is 9.54. The SMILES string of the molecule is Cc1c(C)c2c(c(C)c1O)CC[C@@](C)(CC[N+](C)(C)C)O2. The summed E-state index contributed by atoms with van der Waals surface area (Å²) in [6.45, 7) is 9.35. The van der Waals surface area contributed by atoms with Gasteiger partial charge in [0.05, 0.1) is 27.7 Å². The average Bonchev–Trinajstić information content (AvgIpc) is 2.40. The maximum absolute atomic E-state index is 10.2. The number of phenols is 1. The van der Waals surface area contributed by atoms with Crippen molar-refractivity contribution in [2.75, 3.05) is 27.7 Å². The van der Waals surface area contributed by atoms with Crippen molar-refractivity contribution >= 4 is 0 Å². The molecule has 1 N–H and O–H groups in total. The zero-order valence-corrected chi connectivity index (χ0v) is 14.6. The predicted molar refractivity (Wildman–Crippen MR) is 87.2 cm³/mol. The number of hydrogen-bond donors (Lipinski definition) is 1. The Morgan fingerprint density at radius 3 is 2.29 bits per heavy atom. The zero-order chi connectivity index (χ0) is 16.0. The third-order valence-electron chi connectivity index (χ3n) is 4.90. The first kappa shape index (κ1) is 16.2. The molecule has 118 valence electrons. The Labute approximate surface area is 129 Å². The van der Waals surface area contributed by atoms with Crippen molar-refractivity contribution in [1.82, 2.24) is 0 Å². The molecule has 1 aliphatic rings. The van der Waals surface area contributed by atoms with Gasteiger partial charge in [-0.1, -0.05) is 0 Å². The van der Waals surface area contributed by atoms with Crippen LogP contribution in [-0.4, -0.2) is 42.9 Å². The van der Waals surface area contributed by atoms with Crippen molar-refractivity contribution in [1.29, 1.82) is 0 Å². The van der Waals surface area contributed by atoms with Gasteiger partial charge in [-0.25, -0.2) is 0 Å². The minimum atomic E-state index is -0.0981. The van der Waals surface area contributed by atoms with E-state index < -0.39 is 0 Å². The van der Waals surface area contributed by atoms with Crippen LogP contribution in [-0.2, 0) is 6.42 Å². The van der Waals surface area contributed by atoms with Crippen LogP contribution in [0.4, 0.5) is 0 Å². The highest BCUT2D eigenvalue weighted by Crippen LogP contribution is 2.44. The van der Waals surface area contributed by atoms with E-state index in [0.29, 0.717) is 5.75 Å². The van der Waals surface area contributed by atoms with Crippen LogP contribution >= 0.6 is 0 Å². The van der Waals surface area contributed by atoms with E-state index in [1.165, 1.54) is 5.56 Å². The van der Waals surface area contributed by atoms with Crippen molar-refractivity contribution in [3.63, 3.8) is 0 Å². The highest BCUT2D eigenvalue weighted by molar-refractivity contribution is 5.58. The molecule has 0 radical (unpaired) electrons. The third kappa shape index (κ3) is 3.18. The second-order valence-corrected chi connectivity index (χ2v) is 7.85. The number of hydrogen-bond acceptors (Lipinski definition) is 2. The lowest BCUT2D eigenvalue weighted by atomic mass is 9.85. The molecule has 0 fully saturated rings. The van der Waals surface area contributed by atoms with Crippen molar-refractivity contribution in [3.05, 3.63) is 22.3 Å². The van der Waals surface area contributed by atoms with E-state index in [0.717, 1.165) is 52.7 Å². The summed E-state index contributed by atoms with van der Waals surface area (Å²) >= 11 is 0. The van der Waals surface area contributed by atoms with Crippen LogP contribution in [0.2, 0.25) is 0 Å². The summed E-state index contributed by atoms with van der Waals surface area (Å²) in [5.74, 6) is 1.45. The summed E-state index contributed by atoms with van der Waals surface area (Å²) in [5.41, 5.74) is 4.12. The highest BCUT2D eigenvalue weighted by atomic mass is 16.5. The Balaban J connectivity index is 2.32. The standard InChI is InChI=1S/C18H29NO2/c1-12-13(2)17-15(14(3)16(12)20)8-9-18(4,21-17)10-11-19(5,6)7/h8-11H2,1-7H3/p+1/t18-/m0/s1. The van der Waals surface area contributed by atoms with Gasteiger partial charge in [0, 0.05) is 12.0 Å². The lowest BCUT2D eigenvalue weighted by molar-refractivity contribution is -0.871. The maximum atomic E-state index is 10.2. The van der Waals surface area contributed by atoms with Crippen LogP contribution < -0.4 is 4.74 Å². The highest BCUT2D eigenvalue weighted by Gasteiger charge is 2.35. The van der Waals surface area contributed by atoms with Gasteiger partial charge >= 0.3 is 0 Å². The number of ether oxygens (including phenoxy) is 1. The molecule has 3 heteroatoms. The molecular weight excluding hydrogens is 262 g/mol. The summed E-state index contributed by atoms with van der Waals surface area (Å²) in [6, 6.07) is 0. The molecule has 0 aliphatic carbocycles. The number of phenolic OH excluding ortho intramolecular Hbond substituents is 1. The van der Waals surface area contributed by atoms with Crippen LogP contribution in [0.1, 0.15) is 42.0 Å². The summed E-state index contributed by atoms with van der Waals surface area (Å²) in [4.78, 5) is 0. The van der Waals surface area contributed by atoms with E-state index in [4.69, 9.17) is 4.74 Å². The fourth-order valence-electron chi connectivity index (χ4n) is 3.04. The van der Waals surface area contributed by atoms with E-state index in [1.54, 1.807) is 0 Å². The Hall–Kier alpha value is -1.22. The minimum absolute atomic E-state index is 0.0981. The van der Waals surface area contributed by atoms with E-state index in [9.17, 15) is 5.11 Å². The van der Waals surface area contributed by atoms with Crippen molar-refractivity contribution in [3.8, 4) is 11.5 Å². The molecule has 1 heterocycles. The number of aromatic hydroxyl groups is 1. The number of benzene rings is 1. The number of rotatable bonds is 3. The van der Waals surface area contributed by atoms with Gasteiger partial charge in [-0.3, -0.25) is 0 Å². The fourth-order valence-corrected chi connectivity index (χ4v) is 3.04. The molecule has 1 atom stereocenters. The molecule has 0 saturated carbocycles. The second-order valence-electron chi connectivity index (χ2n) is 7.85. The van der Waals surface area contributed by atoms with E-state index in [1.807, 2.05) is 13.8 Å². The normalized spacial score (nSPS) is 21.9. The lowest BCUT2D eigenvalue weighted by Gasteiger charge is -2.39. The Morgan fingerprint density at radius 1 is 1.10 bits per heavy atom. The Kier molecular flexibility index (Phi) is 4.00. The van der Waals surface area contributed by atoms with Crippen LogP contribution in [0.25, 0.3) is 0 Å². The van der Waals surface area contributed by atoms with Gasteiger partial charge in [0.15, 0.2) is 0 Å². The smallest absolute Gasteiger partial charge is 0.127 e. The molecular formula is C18H30NO2+. The summed E-state index contributed by atoms with van der Waals surface area (Å²) in [5, 5.41) is 10.2. The van der Waals surface area contributed by atoms with Gasteiger partial charge in [0.2, 0.25) is 0 Å². The molecule has 0 saturated heterocycles. The van der Waals surface area contributed by atoms with Gasteiger partial charge in [0.1, 0.15) is 17.1 Å². The number of fused-ring (bicyclic) bond motifs is 1. The van der Waals surface area contributed by atoms with Crippen molar-refractivity contribution < 1.29 is 14.3 Å². The molecule has 21 heavy (non-hydrogen) atoms. The third-order valence-corrected chi connectivity index (χ3v) is 4.90. The number of nitrogens with zero attached hydrogens (tertiary/aromatic N) is 1. The summed E-state index contributed by atoms with van der Waals surface area (Å²) < 4.78 is 7.40. The topological polar surface area (TPSA) is 29.5 Å². The maximum Gasteiger partial charge on any atom is 0.127 e. The van der Waals surface area contributed by atoms with Crippen molar-refractivity contribution in [2.45, 2.75) is 52.6 Å². The van der Waals surface area contributed by atoms with Gasteiger partial charge in [-0.05, 0) is 57.2 Å². The van der Waals surface area contributed by atoms with Crippen LogP contribution in [0.15, 0.2) is 0 Å². The minimum Gasteiger partial charge on any atom is -0.507 e. The average molecular weight is 292 g/mol. The Bertz CT molecular complexity index is 558. The first-order valence-corrected chi connectivity index (χ1v) is 7.85. The molecule has 0 aromatic heterocycles. The van der Waals surface area contributed by atoms with E-state index >= 15 is 0 Å². The van der Waals surface area contributed by atoms with Crippen LogP contribution in [0, 0.1) is 20.8 Å². The molecule has 1 aromatic carbocycles. The molecule has 2 rings (SSSR count). The Morgan fingerprint density at radius 2 is 1.71 bits per heavy atom. The van der Waals surface area contributed by atoms with Gasteiger partial charge in [-0.2, -0.15) is 0 Å². The summed E-state index contributed by atoms with van der Waals surface area (Å²) in [7, 11) is 6.66. The molecule has 0 unspecified atom stereocenters. The van der Waals surface area contributed by atoms with Crippen LogP contribution in [0.5, 0.6) is 11.5 Å². The van der Waals surface area contributed by atoms with Crippen LogP contribution in [0.3, 0.4) is 0 Å². The van der Waals surface area contributed by atoms with Gasteiger partial charge < -0.3 is 14.3 Å². The van der Waals surface area contributed by atoms with Crippen molar-refractivity contribution in [2.24, 2.45) is 0 Å². The van der Waals surface area contributed by atoms with E-state index in [-0.39, 0.29) is 5.60 Å². The van der Waals surface area contributed by atoms with E-state index in [2.05, 4.69) is 35.0 Å². The molecule has 0 amide bonds. The first-order valence-electron chi connectivity index (χ1n) is 7.85. The zero-order valence-electron chi connectivity index (χ0n) is 14.6. The lowest BCUT2D eigenvalue weighted by Crippen LogP contribution is -2.44. The quantitative estimate of drug-likeness (QED) is 0.864. The second kappa shape index (κ2) is 5.20. The van der Waals surface area contributed by atoms with Gasteiger partial charge in [-0.15, -0.1) is 0 Å². The molecule has 0 bridgehead atoms. The summed E-state index contributed by atoms with van der Waals surface area (Å²) in [6.07, 6.45) is 3.06. The molecule has 3 nitrogen and oxygen atoms in total. The fraction of sp³-hybridized carbons (Fsp3) is 0.667. The molecule has 0 spiro atoms. The molecule has 1 aromatic rings. The monoisotopic (exact) mass is 292 g/mol.